The number of pyridine rings is 2. The van der Waals surface area contributed by atoms with Crippen LogP contribution in [0.4, 0.5) is 0 Å². The SMILES string of the molecule is C[Si](C)(C)c1c(-c2[c-]cccc2)ncc2c1oc1ccccc12.Cc1c[c-]c(-c2ccc(C)cn2)cc1.[Ir]. The van der Waals surface area contributed by atoms with Gasteiger partial charge in [0.05, 0.1) is 8.07 Å². The normalized spacial score (nSPS) is 11.1. The molecule has 0 bridgehead atoms. The van der Waals surface area contributed by atoms with Gasteiger partial charge in [-0.2, -0.15) is 0 Å². The zero-order valence-electron chi connectivity index (χ0n) is 22.3. The fourth-order valence-corrected chi connectivity index (χ4v) is 6.19. The monoisotopic (exact) mass is 691 g/mol. The van der Waals surface area contributed by atoms with E-state index in [2.05, 4.69) is 67.9 Å². The Morgan fingerprint density at radius 3 is 2.13 bits per heavy atom. The molecule has 0 saturated heterocycles. The van der Waals surface area contributed by atoms with Crippen LogP contribution in [0.5, 0.6) is 0 Å². The van der Waals surface area contributed by atoms with Crippen LogP contribution in [-0.2, 0) is 20.1 Å². The van der Waals surface area contributed by atoms with Gasteiger partial charge in [0, 0.05) is 43.3 Å². The number of fused-ring (bicyclic) bond motifs is 3. The van der Waals surface area contributed by atoms with Gasteiger partial charge in [0.1, 0.15) is 11.2 Å². The quantitative estimate of drug-likeness (QED) is 0.139. The number of furan rings is 1. The van der Waals surface area contributed by atoms with E-state index in [1.54, 1.807) is 0 Å². The van der Waals surface area contributed by atoms with Crippen LogP contribution in [0, 0.1) is 26.0 Å². The summed E-state index contributed by atoms with van der Waals surface area (Å²) in [5.41, 5.74) is 8.40. The molecule has 0 unspecified atom stereocenters. The number of para-hydroxylation sites is 1. The number of nitrogens with zero attached hydrogens (tertiary/aromatic N) is 2. The molecule has 3 heterocycles. The van der Waals surface area contributed by atoms with Crippen LogP contribution in [0.1, 0.15) is 11.1 Å². The number of aromatic nitrogens is 2. The minimum atomic E-state index is -1.66. The molecule has 0 aliphatic rings. The first-order valence-electron chi connectivity index (χ1n) is 12.5. The number of hydrogen-bond donors (Lipinski definition) is 0. The molecule has 0 atom stereocenters. The van der Waals surface area contributed by atoms with E-state index in [0.29, 0.717) is 0 Å². The molecule has 38 heavy (non-hydrogen) atoms. The predicted molar refractivity (Wildman–Crippen MR) is 157 cm³/mol. The molecule has 5 heteroatoms. The Morgan fingerprint density at radius 1 is 0.711 bits per heavy atom. The molecule has 3 nitrogen and oxygen atoms in total. The summed E-state index contributed by atoms with van der Waals surface area (Å²) in [6, 6.07) is 32.9. The largest absolute Gasteiger partial charge is 0.457 e. The second-order valence-corrected chi connectivity index (χ2v) is 15.3. The molecule has 0 fully saturated rings. The maximum absolute atomic E-state index is 6.25. The van der Waals surface area contributed by atoms with Crippen molar-refractivity contribution in [3.8, 4) is 22.5 Å². The average Bonchev–Trinajstić information content (AvgIpc) is 3.28. The summed E-state index contributed by atoms with van der Waals surface area (Å²) in [6.45, 7) is 11.1. The van der Waals surface area contributed by atoms with Gasteiger partial charge in [-0.1, -0.05) is 56.9 Å². The van der Waals surface area contributed by atoms with E-state index < -0.39 is 8.07 Å². The van der Waals surface area contributed by atoms with E-state index in [4.69, 9.17) is 9.40 Å². The molecule has 0 spiro atoms. The third kappa shape index (κ3) is 5.86. The molecule has 6 rings (SSSR count). The summed E-state index contributed by atoms with van der Waals surface area (Å²) in [5.74, 6) is 0. The van der Waals surface area contributed by atoms with E-state index in [1.165, 1.54) is 16.3 Å². The molecular weight excluding hydrogens is 661 g/mol. The Balaban J connectivity index is 0.000000193. The molecule has 0 amide bonds. The molecule has 0 aliphatic heterocycles. The Hall–Kier alpha value is -3.37. The van der Waals surface area contributed by atoms with Crippen molar-refractivity contribution in [1.82, 2.24) is 9.97 Å². The molecule has 6 aromatic rings. The van der Waals surface area contributed by atoms with Gasteiger partial charge >= 0.3 is 0 Å². The molecule has 3 aromatic heterocycles. The Morgan fingerprint density at radius 2 is 1.47 bits per heavy atom. The van der Waals surface area contributed by atoms with Crippen molar-refractivity contribution in [3.05, 3.63) is 115 Å². The number of aryl methyl sites for hydroxylation is 2. The van der Waals surface area contributed by atoms with E-state index in [1.807, 2.05) is 73.9 Å². The minimum Gasteiger partial charge on any atom is -0.457 e. The molecule has 0 aliphatic carbocycles. The smallest absolute Gasteiger partial charge is 0.135 e. The van der Waals surface area contributed by atoms with Gasteiger partial charge in [-0.25, -0.2) is 0 Å². The van der Waals surface area contributed by atoms with E-state index >= 15 is 0 Å². The van der Waals surface area contributed by atoms with Crippen LogP contribution < -0.4 is 5.19 Å². The van der Waals surface area contributed by atoms with Gasteiger partial charge < -0.3 is 14.4 Å². The standard InChI is InChI=1S/C20H18NOSi.C13H12N.Ir/c1-23(2,3)20-18(14-9-5-4-6-10-14)21-13-16-15-11-7-8-12-17(15)22-19(16)20;1-10-3-6-12(7-4-10)13-8-5-11(2)9-14-13;/h4-9,11-13H,1-3H3;3-6,8-9H,1-2H3;/q2*-1;. The summed E-state index contributed by atoms with van der Waals surface area (Å²) in [5, 5.41) is 3.52. The van der Waals surface area contributed by atoms with Gasteiger partial charge in [0.15, 0.2) is 0 Å². The first-order valence-corrected chi connectivity index (χ1v) is 16.0. The predicted octanol–water partition coefficient (Wildman–Crippen LogP) is 8.16. The summed E-state index contributed by atoms with van der Waals surface area (Å²) in [7, 11) is -1.66. The van der Waals surface area contributed by atoms with Crippen LogP contribution in [0.25, 0.3) is 44.5 Å². The van der Waals surface area contributed by atoms with Crippen molar-refractivity contribution in [2.75, 3.05) is 0 Å². The zero-order chi connectivity index (χ0) is 26.0. The summed E-state index contributed by atoms with van der Waals surface area (Å²) >= 11 is 0. The second kappa shape index (κ2) is 11.6. The van der Waals surface area contributed by atoms with Crippen LogP contribution in [0.15, 0.2) is 95.7 Å². The van der Waals surface area contributed by atoms with Crippen molar-refractivity contribution in [1.29, 1.82) is 0 Å². The van der Waals surface area contributed by atoms with Gasteiger partial charge in [0.2, 0.25) is 0 Å². The van der Waals surface area contributed by atoms with Gasteiger partial charge in [-0.15, -0.1) is 71.3 Å². The van der Waals surface area contributed by atoms with Crippen molar-refractivity contribution in [3.63, 3.8) is 0 Å². The number of hydrogen-bond acceptors (Lipinski definition) is 3. The van der Waals surface area contributed by atoms with Crippen LogP contribution >= 0.6 is 0 Å². The first kappa shape index (κ1) is 27.7. The second-order valence-electron chi connectivity index (χ2n) is 10.3. The Labute approximate surface area is 239 Å². The maximum atomic E-state index is 6.25. The molecule has 0 N–H and O–H groups in total. The van der Waals surface area contributed by atoms with Crippen molar-refractivity contribution in [2.24, 2.45) is 0 Å². The van der Waals surface area contributed by atoms with E-state index in [0.717, 1.165) is 44.5 Å². The molecule has 0 saturated carbocycles. The number of rotatable bonds is 3. The van der Waals surface area contributed by atoms with Crippen LogP contribution in [-0.4, -0.2) is 18.0 Å². The molecule has 193 valence electrons. The van der Waals surface area contributed by atoms with Crippen molar-refractivity contribution < 1.29 is 24.5 Å². The van der Waals surface area contributed by atoms with Gasteiger partial charge in [-0.3, -0.25) is 0 Å². The van der Waals surface area contributed by atoms with Crippen molar-refractivity contribution in [2.45, 2.75) is 33.5 Å². The Bertz CT molecular complexity index is 1610. The average molecular weight is 691 g/mol. The Kier molecular flexibility index (Phi) is 8.42. The number of benzene rings is 3. The summed E-state index contributed by atoms with van der Waals surface area (Å²) < 4.78 is 6.25. The van der Waals surface area contributed by atoms with Gasteiger partial charge in [0.25, 0.3) is 0 Å². The fraction of sp³-hybridized carbons (Fsp3) is 0.152. The summed E-state index contributed by atoms with van der Waals surface area (Å²) in [4.78, 5) is 9.16. The minimum absolute atomic E-state index is 0. The maximum Gasteiger partial charge on any atom is 0.135 e. The molecular formula is C33H30IrN2OSi-2. The summed E-state index contributed by atoms with van der Waals surface area (Å²) in [6.07, 6.45) is 3.82. The zero-order valence-corrected chi connectivity index (χ0v) is 25.7. The third-order valence-electron chi connectivity index (χ3n) is 6.29. The fourth-order valence-electron chi connectivity index (χ4n) is 4.41. The van der Waals surface area contributed by atoms with E-state index in [9.17, 15) is 0 Å². The van der Waals surface area contributed by atoms with Crippen LogP contribution in [0.3, 0.4) is 0 Å². The first-order chi connectivity index (χ1) is 17.8. The third-order valence-corrected chi connectivity index (χ3v) is 8.25. The van der Waals surface area contributed by atoms with E-state index in [-0.39, 0.29) is 20.1 Å². The van der Waals surface area contributed by atoms with Gasteiger partial charge in [-0.05, 0) is 35.1 Å². The molecule has 3 aromatic carbocycles. The van der Waals surface area contributed by atoms with Crippen LogP contribution in [0.2, 0.25) is 19.6 Å². The van der Waals surface area contributed by atoms with Crippen molar-refractivity contribution >= 4 is 35.2 Å². The molecule has 1 radical (unpaired) electrons. The topological polar surface area (TPSA) is 38.9 Å².